The van der Waals surface area contributed by atoms with Crippen molar-refractivity contribution in [3.63, 3.8) is 0 Å². The van der Waals surface area contributed by atoms with Crippen LogP contribution >= 0.6 is 15.9 Å². The number of aliphatic hydroxyl groups is 2. The molecule has 1 unspecified atom stereocenters. The van der Waals surface area contributed by atoms with Gasteiger partial charge in [-0.2, -0.15) is 0 Å². The molecule has 84 valence electrons. The van der Waals surface area contributed by atoms with Gasteiger partial charge in [0.05, 0.1) is 26.4 Å². The van der Waals surface area contributed by atoms with E-state index in [1.807, 2.05) is 0 Å². The molecule has 0 rings (SSSR count). The fraction of sp³-hybridized carbons (Fsp3) is 0.875. The van der Waals surface area contributed by atoms with Gasteiger partial charge in [0.25, 0.3) is 0 Å². The summed E-state index contributed by atoms with van der Waals surface area (Å²) in [5.41, 5.74) is 0. The summed E-state index contributed by atoms with van der Waals surface area (Å²) in [7, 11) is 0. The van der Waals surface area contributed by atoms with Gasteiger partial charge in [-0.3, -0.25) is 4.79 Å². The van der Waals surface area contributed by atoms with Crippen molar-refractivity contribution in [2.24, 2.45) is 0 Å². The highest BCUT2D eigenvalue weighted by molar-refractivity contribution is 9.09. The minimum Gasteiger partial charge on any atom is -0.394 e. The second kappa shape index (κ2) is 9.54. The molecule has 0 aromatic carbocycles. The van der Waals surface area contributed by atoms with Crippen LogP contribution in [0.1, 0.15) is 0 Å². The molecule has 14 heavy (non-hydrogen) atoms. The van der Waals surface area contributed by atoms with Crippen molar-refractivity contribution in [2.75, 3.05) is 38.4 Å². The molecule has 0 aromatic rings. The van der Waals surface area contributed by atoms with E-state index in [-0.39, 0.29) is 37.5 Å². The van der Waals surface area contributed by atoms with E-state index < -0.39 is 6.10 Å². The summed E-state index contributed by atoms with van der Waals surface area (Å²) in [4.78, 5) is 11.0. The molecule has 6 heteroatoms. The number of halogens is 1. The molecule has 0 fully saturated rings. The molecule has 0 aliphatic carbocycles. The quantitative estimate of drug-likeness (QED) is 0.430. The van der Waals surface area contributed by atoms with E-state index >= 15 is 0 Å². The van der Waals surface area contributed by atoms with Gasteiger partial charge in [-0.15, -0.1) is 0 Å². The highest BCUT2D eigenvalue weighted by atomic mass is 79.9. The molecule has 0 aliphatic rings. The van der Waals surface area contributed by atoms with Crippen molar-refractivity contribution in [2.45, 2.75) is 6.10 Å². The Labute approximate surface area is 91.1 Å². The molecule has 0 saturated heterocycles. The molecule has 0 aliphatic heterocycles. The first kappa shape index (κ1) is 14.0. The number of Topliss-reactive ketones (excluding diaryl/α,β-unsaturated/α-hetero) is 1. The lowest BCUT2D eigenvalue weighted by Gasteiger charge is -2.06. The van der Waals surface area contributed by atoms with Crippen LogP contribution in [0.15, 0.2) is 0 Å². The van der Waals surface area contributed by atoms with Crippen LogP contribution in [0.3, 0.4) is 0 Å². The Morgan fingerprint density at radius 3 is 2.50 bits per heavy atom. The number of ether oxygens (including phenoxy) is 2. The van der Waals surface area contributed by atoms with Crippen LogP contribution in [-0.2, 0) is 14.3 Å². The summed E-state index contributed by atoms with van der Waals surface area (Å²) in [6.07, 6.45) is -1.01. The molecule has 0 radical (unpaired) electrons. The maximum atomic E-state index is 11.0. The number of rotatable bonds is 9. The van der Waals surface area contributed by atoms with E-state index in [9.17, 15) is 4.79 Å². The standard InChI is InChI=1S/C8H15BrO5/c9-5-7(11)8(12)6-14-4-3-13-2-1-10/h7,10-11H,1-6H2. The number of carbonyl (C=O) groups is 1. The Morgan fingerprint density at radius 1 is 1.29 bits per heavy atom. The smallest absolute Gasteiger partial charge is 0.187 e. The van der Waals surface area contributed by atoms with Gasteiger partial charge < -0.3 is 19.7 Å². The molecule has 2 N–H and O–H groups in total. The molecule has 0 aromatic heterocycles. The topological polar surface area (TPSA) is 76.0 Å². The van der Waals surface area contributed by atoms with Gasteiger partial charge in [-0.1, -0.05) is 15.9 Å². The van der Waals surface area contributed by atoms with Crippen molar-refractivity contribution < 1.29 is 24.5 Å². The fourth-order valence-corrected chi connectivity index (χ4v) is 1.00. The zero-order valence-corrected chi connectivity index (χ0v) is 9.40. The van der Waals surface area contributed by atoms with E-state index in [4.69, 9.17) is 19.7 Å². The fourth-order valence-electron chi connectivity index (χ4n) is 0.639. The van der Waals surface area contributed by atoms with Crippen molar-refractivity contribution in [1.82, 2.24) is 0 Å². The molecule has 0 amide bonds. The molecule has 0 heterocycles. The molecule has 0 bridgehead atoms. The highest BCUT2D eigenvalue weighted by Crippen LogP contribution is 1.93. The van der Waals surface area contributed by atoms with Crippen molar-refractivity contribution in [3.8, 4) is 0 Å². The molecule has 5 nitrogen and oxygen atoms in total. The third-order valence-corrected chi connectivity index (χ3v) is 1.98. The minimum absolute atomic E-state index is 0.0266. The normalized spacial score (nSPS) is 12.8. The SMILES string of the molecule is O=C(COCCOCCO)C(O)CBr. The number of ketones is 1. The van der Waals surface area contributed by atoms with Gasteiger partial charge in [0, 0.05) is 5.33 Å². The average molecular weight is 271 g/mol. The van der Waals surface area contributed by atoms with Crippen LogP contribution in [0.2, 0.25) is 0 Å². The van der Waals surface area contributed by atoms with E-state index in [2.05, 4.69) is 15.9 Å². The Morgan fingerprint density at radius 2 is 1.93 bits per heavy atom. The molecular formula is C8H15BrO5. The average Bonchev–Trinajstić information content (AvgIpc) is 2.21. The third kappa shape index (κ3) is 7.40. The zero-order valence-electron chi connectivity index (χ0n) is 7.82. The Balaban J connectivity index is 3.23. The molecule has 0 saturated carbocycles. The lowest BCUT2D eigenvalue weighted by molar-refractivity contribution is -0.131. The number of aliphatic hydroxyl groups excluding tert-OH is 2. The van der Waals surface area contributed by atoms with Gasteiger partial charge in [0.1, 0.15) is 12.7 Å². The summed E-state index contributed by atoms with van der Waals surface area (Å²) >= 11 is 2.98. The first-order valence-corrected chi connectivity index (χ1v) is 5.37. The highest BCUT2D eigenvalue weighted by Gasteiger charge is 2.12. The summed E-state index contributed by atoms with van der Waals surface area (Å²) in [5.74, 6) is -0.357. The van der Waals surface area contributed by atoms with Crippen molar-refractivity contribution >= 4 is 21.7 Å². The Bertz CT molecular complexity index is 153. The lowest BCUT2D eigenvalue weighted by Crippen LogP contribution is -2.26. The number of hydrogen-bond acceptors (Lipinski definition) is 5. The van der Waals surface area contributed by atoms with Crippen LogP contribution in [0.4, 0.5) is 0 Å². The van der Waals surface area contributed by atoms with Gasteiger partial charge in [0.15, 0.2) is 5.78 Å². The number of hydrogen-bond donors (Lipinski definition) is 2. The molecule has 0 spiro atoms. The number of carbonyl (C=O) groups excluding carboxylic acids is 1. The van der Waals surface area contributed by atoms with Crippen LogP contribution in [0, 0.1) is 0 Å². The maximum Gasteiger partial charge on any atom is 0.187 e. The molecular weight excluding hydrogens is 256 g/mol. The van der Waals surface area contributed by atoms with Crippen LogP contribution in [0.5, 0.6) is 0 Å². The minimum atomic E-state index is -1.01. The predicted octanol–water partition coefficient (Wildman–Crippen LogP) is -0.663. The first-order valence-electron chi connectivity index (χ1n) is 4.25. The maximum absolute atomic E-state index is 11.0. The van der Waals surface area contributed by atoms with Gasteiger partial charge in [-0.25, -0.2) is 0 Å². The van der Waals surface area contributed by atoms with Gasteiger partial charge in [0.2, 0.25) is 0 Å². The van der Waals surface area contributed by atoms with Crippen molar-refractivity contribution in [3.05, 3.63) is 0 Å². The lowest BCUT2D eigenvalue weighted by atomic mass is 10.3. The van der Waals surface area contributed by atoms with Crippen molar-refractivity contribution in [1.29, 1.82) is 0 Å². The second-order valence-electron chi connectivity index (χ2n) is 2.52. The largest absolute Gasteiger partial charge is 0.394 e. The van der Waals surface area contributed by atoms with Crippen LogP contribution < -0.4 is 0 Å². The second-order valence-corrected chi connectivity index (χ2v) is 3.17. The summed E-state index contributed by atoms with van der Waals surface area (Å²) < 4.78 is 9.82. The van der Waals surface area contributed by atoms with Crippen LogP contribution in [-0.4, -0.2) is 60.5 Å². The zero-order chi connectivity index (χ0) is 10.8. The van der Waals surface area contributed by atoms with Crippen LogP contribution in [0.25, 0.3) is 0 Å². The Kier molecular flexibility index (Phi) is 9.53. The van der Waals surface area contributed by atoms with Gasteiger partial charge in [-0.05, 0) is 0 Å². The van der Waals surface area contributed by atoms with E-state index in [0.29, 0.717) is 6.61 Å². The third-order valence-electron chi connectivity index (χ3n) is 1.37. The summed E-state index contributed by atoms with van der Waals surface area (Å²) in [5, 5.41) is 17.6. The number of alkyl halides is 1. The molecule has 1 atom stereocenters. The summed E-state index contributed by atoms with van der Waals surface area (Å²) in [6, 6.07) is 0. The van der Waals surface area contributed by atoms with Gasteiger partial charge >= 0.3 is 0 Å². The monoisotopic (exact) mass is 270 g/mol. The van der Waals surface area contributed by atoms with E-state index in [1.165, 1.54) is 0 Å². The summed E-state index contributed by atoms with van der Waals surface area (Å²) in [6.45, 7) is 0.733. The first-order chi connectivity index (χ1) is 6.72. The predicted molar refractivity (Wildman–Crippen MR) is 53.5 cm³/mol. The Hall–Kier alpha value is -0.01000. The van der Waals surface area contributed by atoms with E-state index in [0.717, 1.165) is 0 Å². The van der Waals surface area contributed by atoms with E-state index in [1.54, 1.807) is 0 Å².